The van der Waals surface area contributed by atoms with Crippen molar-refractivity contribution in [2.24, 2.45) is 45.7 Å². The third-order valence-corrected chi connectivity index (χ3v) is 12.4. The largest absolute Gasteiger partial charge is 0.508 e. The summed E-state index contributed by atoms with van der Waals surface area (Å²) >= 11 is 0. The molecule has 0 saturated heterocycles. The molecule has 72 heavy (non-hydrogen) atoms. The van der Waals surface area contributed by atoms with E-state index in [9.17, 15) is 58.5 Å². The summed E-state index contributed by atoms with van der Waals surface area (Å²) in [5, 5.41) is 47.4. The van der Waals surface area contributed by atoms with Crippen LogP contribution in [0.1, 0.15) is 123 Å². The molecule has 0 spiro atoms. The Morgan fingerprint density at radius 2 is 1.24 bits per heavy atom. The molecule has 0 radical (unpaired) electrons. The van der Waals surface area contributed by atoms with Crippen LogP contribution in [-0.4, -0.2) is 136 Å². The summed E-state index contributed by atoms with van der Waals surface area (Å²) in [4.78, 5) is 124. The highest BCUT2D eigenvalue weighted by molar-refractivity contribution is 5.98. The van der Waals surface area contributed by atoms with E-state index in [1.807, 2.05) is 27.7 Å². The Morgan fingerprint density at radius 1 is 0.681 bits per heavy atom. The van der Waals surface area contributed by atoms with Crippen molar-refractivity contribution in [1.82, 2.24) is 37.2 Å². The maximum Gasteiger partial charge on any atom is 0.326 e. The van der Waals surface area contributed by atoms with Crippen molar-refractivity contribution in [3.8, 4) is 5.75 Å². The number of hydrogen-bond acceptors (Lipinski definition) is 13. The summed E-state index contributed by atoms with van der Waals surface area (Å²) < 4.78 is 0. The summed E-state index contributed by atoms with van der Waals surface area (Å²) in [5.74, 6) is -9.14. The first-order valence-corrected chi connectivity index (χ1v) is 24.9. The number of carbonyl (C=O) groups excluding carboxylic acids is 7. The van der Waals surface area contributed by atoms with Crippen LogP contribution in [0, 0.1) is 17.8 Å². The van der Waals surface area contributed by atoms with Gasteiger partial charge in [-0.1, -0.05) is 78.4 Å². The Labute approximate surface area is 421 Å². The van der Waals surface area contributed by atoms with Crippen LogP contribution in [0.4, 0.5) is 0 Å². The van der Waals surface area contributed by atoms with E-state index < -0.39 is 109 Å². The number of guanidine groups is 1. The van der Waals surface area contributed by atoms with E-state index in [1.54, 1.807) is 0 Å². The van der Waals surface area contributed by atoms with E-state index in [4.69, 9.17) is 22.9 Å². The van der Waals surface area contributed by atoms with Gasteiger partial charge >= 0.3 is 11.9 Å². The highest BCUT2D eigenvalue weighted by atomic mass is 16.4. The molecule has 1 saturated carbocycles. The van der Waals surface area contributed by atoms with Crippen molar-refractivity contribution in [3.63, 3.8) is 0 Å². The molecule has 1 aromatic rings. The molecule has 0 heterocycles. The number of aromatic hydroxyl groups is 1. The second-order valence-electron chi connectivity index (χ2n) is 19.0. The minimum Gasteiger partial charge on any atom is -0.508 e. The Kier molecular flexibility index (Phi) is 27.7. The number of amides is 7. The van der Waals surface area contributed by atoms with Gasteiger partial charge in [-0.05, 0) is 86.9 Å². The number of nitrogens with one attached hydrogen (secondary N) is 7. The van der Waals surface area contributed by atoms with E-state index >= 15 is 0 Å². The molecule has 1 aliphatic rings. The van der Waals surface area contributed by atoms with Gasteiger partial charge in [-0.15, -0.1) is 0 Å². The van der Waals surface area contributed by atoms with Gasteiger partial charge in [0.15, 0.2) is 5.96 Å². The number of aliphatic imine (C=N–C) groups is 1. The monoisotopic (exact) mass is 1020 g/mol. The fourth-order valence-electron chi connectivity index (χ4n) is 8.08. The predicted molar refractivity (Wildman–Crippen MR) is 267 cm³/mol. The summed E-state index contributed by atoms with van der Waals surface area (Å²) in [6, 6.07) is -3.71. The molecule has 2 rings (SSSR count). The molecule has 0 aromatic heterocycles. The number of nitrogens with zero attached hydrogens (tertiary/aromatic N) is 1. The summed E-state index contributed by atoms with van der Waals surface area (Å²) in [7, 11) is 0. The number of nitrogens with two attached hydrogens (primary N) is 4. The van der Waals surface area contributed by atoms with Crippen molar-refractivity contribution >= 4 is 59.2 Å². The second kappa shape index (κ2) is 32.4. The highest BCUT2D eigenvalue weighted by Crippen LogP contribution is 2.27. The minimum absolute atomic E-state index is 0.00238. The van der Waals surface area contributed by atoms with Crippen LogP contribution >= 0.6 is 0 Å². The molecule has 404 valence electrons. The number of carbonyl (C=O) groups is 9. The summed E-state index contributed by atoms with van der Waals surface area (Å²) in [6.45, 7) is 7.15. The van der Waals surface area contributed by atoms with Gasteiger partial charge in [0.25, 0.3) is 0 Å². The third-order valence-electron chi connectivity index (χ3n) is 12.4. The molecule has 1 aliphatic carbocycles. The van der Waals surface area contributed by atoms with Crippen LogP contribution in [0.25, 0.3) is 0 Å². The van der Waals surface area contributed by atoms with E-state index in [2.05, 4.69) is 42.2 Å². The zero-order chi connectivity index (χ0) is 53.9. The molecule has 24 nitrogen and oxygen atoms in total. The van der Waals surface area contributed by atoms with Crippen LogP contribution in [0.5, 0.6) is 5.75 Å². The van der Waals surface area contributed by atoms with Gasteiger partial charge < -0.3 is 75.5 Å². The van der Waals surface area contributed by atoms with Gasteiger partial charge in [0.2, 0.25) is 41.4 Å². The standard InChI is InChI=1S/C48H80N12O12/c1-5-28(4)40(50)46(70)60-34(22-27(2)3)41(65)54-26-38(62)55-35(23-29-12-7-6-8-13-29)43(67)56-32(15-11-21-53-48(51)52)42(66)59-37(25-39(63)64)45(69)58-36(24-30-16-18-31(61)19-17-30)44(68)57-33(47(71)72)14-9-10-20-49/h16-19,27-29,32-37,40,61H,5-15,20-26,49-50H2,1-4H3,(H,54,65)(H,55,62)(H,56,67)(H,57,68)(H,58,69)(H,59,66)(H,60,70)(H,63,64)(H,71,72)(H4,51,52,53)/t28-,32+,33+,34+,35+,36+,37+,40+/m0/s1. The number of hydrogen-bond donors (Lipinski definition) is 14. The molecular weight excluding hydrogens is 937 g/mol. The highest BCUT2D eigenvalue weighted by Gasteiger charge is 2.35. The lowest BCUT2D eigenvalue weighted by atomic mass is 9.84. The van der Waals surface area contributed by atoms with E-state index in [0.717, 1.165) is 32.1 Å². The maximum absolute atomic E-state index is 14.3. The third kappa shape index (κ3) is 23.6. The molecule has 1 fully saturated rings. The van der Waals surface area contributed by atoms with Crippen LogP contribution < -0.4 is 60.2 Å². The molecule has 18 N–H and O–H groups in total. The number of phenols is 1. The van der Waals surface area contributed by atoms with Gasteiger partial charge in [-0.3, -0.25) is 43.3 Å². The summed E-state index contributed by atoms with van der Waals surface area (Å²) in [6.07, 6.45) is 4.92. The van der Waals surface area contributed by atoms with Crippen LogP contribution in [0.2, 0.25) is 0 Å². The van der Waals surface area contributed by atoms with E-state index in [-0.39, 0.29) is 81.1 Å². The van der Waals surface area contributed by atoms with E-state index in [1.165, 1.54) is 24.3 Å². The lowest BCUT2D eigenvalue weighted by Gasteiger charge is -2.29. The van der Waals surface area contributed by atoms with Gasteiger partial charge in [0.05, 0.1) is 19.0 Å². The first-order valence-electron chi connectivity index (χ1n) is 24.9. The molecule has 24 heteroatoms. The second-order valence-corrected chi connectivity index (χ2v) is 19.0. The van der Waals surface area contributed by atoms with Crippen molar-refractivity contribution in [3.05, 3.63) is 29.8 Å². The number of carboxylic acids is 2. The van der Waals surface area contributed by atoms with Crippen LogP contribution in [-0.2, 0) is 49.6 Å². The smallest absolute Gasteiger partial charge is 0.326 e. The SMILES string of the molecule is CC[C@H](C)[C@@H](N)C(=O)N[C@H](CC(C)C)C(=O)NCC(=O)N[C@H](CC1CCCCC1)C(=O)N[C@H](CCCN=C(N)N)C(=O)N[C@H](CC(=O)O)C(=O)N[C@H](Cc1ccc(O)cc1)C(=O)N[C@H](CCCCN)C(=O)O. The zero-order valence-electron chi connectivity index (χ0n) is 42.1. The lowest BCUT2D eigenvalue weighted by Crippen LogP contribution is -2.60. The number of carboxylic acid groups (broad SMARTS) is 2. The van der Waals surface area contributed by atoms with Crippen molar-refractivity contribution in [2.45, 2.75) is 166 Å². The Hall–Kier alpha value is -6.56. The average Bonchev–Trinajstić information content (AvgIpc) is 3.32. The zero-order valence-corrected chi connectivity index (χ0v) is 42.1. The maximum atomic E-state index is 14.3. The number of aliphatic carboxylic acids is 2. The molecule has 1 aromatic carbocycles. The number of phenolic OH excluding ortho intramolecular Hbond substituents is 1. The number of rotatable bonds is 33. The average molecular weight is 1020 g/mol. The first-order chi connectivity index (χ1) is 34.0. The normalized spacial score (nSPS) is 15.9. The van der Waals surface area contributed by atoms with E-state index in [0.29, 0.717) is 24.8 Å². The first kappa shape index (κ1) is 61.6. The topological polar surface area (TPSA) is 415 Å². The van der Waals surface area contributed by atoms with Crippen LogP contribution in [0.15, 0.2) is 29.3 Å². The lowest BCUT2D eigenvalue weighted by molar-refractivity contribution is -0.143. The Bertz CT molecular complexity index is 1980. The van der Waals surface area contributed by atoms with Crippen molar-refractivity contribution < 1.29 is 58.5 Å². The van der Waals surface area contributed by atoms with Gasteiger partial charge in [-0.2, -0.15) is 0 Å². The quantitative estimate of drug-likeness (QED) is 0.0230. The number of unbranched alkanes of at least 4 members (excludes halogenated alkanes) is 1. The Morgan fingerprint density at radius 3 is 1.82 bits per heavy atom. The number of benzene rings is 1. The molecular formula is C48H80N12O12. The van der Waals surface area contributed by atoms with Crippen molar-refractivity contribution in [2.75, 3.05) is 19.6 Å². The van der Waals surface area contributed by atoms with Crippen molar-refractivity contribution in [1.29, 1.82) is 0 Å². The fraction of sp³-hybridized carbons (Fsp3) is 0.667. The minimum atomic E-state index is -1.85. The predicted octanol–water partition coefficient (Wildman–Crippen LogP) is -0.909. The van der Waals surface area contributed by atoms with Gasteiger partial charge in [-0.25, -0.2) is 4.79 Å². The summed E-state index contributed by atoms with van der Waals surface area (Å²) in [5.41, 5.74) is 23.1. The molecule has 0 bridgehead atoms. The Balaban J connectivity index is 2.42. The van der Waals surface area contributed by atoms with Gasteiger partial charge in [0, 0.05) is 13.0 Å². The molecule has 7 amide bonds. The molecule has 0 unspecified atom stereocenters. The molecule has 0 aliphatic heterocycles. The fourth-order valence-corrected chi connectivity index (χ4v) is 8.08. The molecule has 8 atom stereocenters. The van der Waals surface area contributed by atoms with Crippen LogP contribution in [0.3, 0.4) is 0 Å². The van der Waals surface area contributed by atoms with Gasteiger partial charge in [0.1, 0.15) is 42.0 Å².